The van der Waals surface area contributed by atoms with Gasteiger partial charge in [0.1, 0.15) is 11.2 Å². The van der Waals surface area contributed by atoms with Crippen LogP contribution in [-0.4, -0.2) is 15.9 Å². The molecule has 7 aromatic carbocycles. The zero-order valence-corrected chi connectivity index (χ0v) is 33.2. The average Bonchev–Trinajstić information content (AvgIpc) is 3.87. The van der Waals surface area contributed by atoms with Gasteiger partial charge in [-0.15, -0.1) is 0 Å². The molecule has 0 N–H and O–H groups in total. The van der Waals surface area contributed by atoms with Crippen LogP contribution in [-0.2, 0) is 10.8 Å². The van der Waals surface area contributed by atoms with Crippen molar-refractivity contribution in [1.82, 2.24) is 9.05 Å². The van der Waals surface area contributed by atoms with Gasteiger partial charge in [-0.2, -0.15) is 0 Å². The molecule has 0 saturated carbocycles. The number of anilines is 3. The highest BCUT2D eigenvalue weighted by Crippen LogP contribution is 2.52. The van der Waals surface area contributed by atoms with Crippen molar-refractivity contribution < 1.29 is 4.42 Å². The summed E-state index contributed by atoms with van der Waals surface area (Å²) in [6.07, 6.45) is 0. The van der Waals surface area contributed by atoms with Crippen molar-refractivity contribution >= 4 is 89.6 Å². The Hall–Kier alpha value is -6.46. The normalized spacial score (nSPS) is 13.7. The quantitative estimate of drug-likeness (QED) is 0.165. The van der Waals surface area contributed by atoms with Gasteiger partial charge in [0, 0.05) is 60.6 Å². The number of rotatable bonds is 2. The second-order valence-corrected chi connectivity index (χ2v) is 18.2. The molecule has 5 heterocycles. The van der Waals surface area contributed by atoms with Crippen LogP contribution in [0.4, 0.5) is 17.1 Å². The minimum absolute atomic E-state index is 0.0392. The SMILES string of the molecule is CC(C)(C)c1ccc(N2c3cc(C(C)(C)C)cc4c3B(c3oc5ccccc5c32)n2c3ccccc3c3cc5c6ccccc6n(-c6ccccc6)c5c-4c32)cc1. The first-order valence-electron chi connectivity index (χ1n) is 20.2. The second kappa shape index (κ2) is 11.1. The van der Waals surface area contributed by atoms with Gasteiger partial charge < -0.3 is 18.4 Å². The fourth-order valence-electron chi connectivity index (χ4n) is 10.1. The lowest BCUT2D eigenvalue weighted by Crippen LogP contribution is -2.56. The first kappa shape index (κ1) is 32.8. The Kier molecular flexibility index (Phi) is 6.38. The molecule has 5 heteroatoms. The number of fused-ring (bicyclic) bond motifs is 13. The number of aromatic nitrogens is 2. The van der Waals surface area contributed by atoms with Crippen LogP contribution in [0.3, 0.4) is 0 Å². The number of furan rings is 1. The number of hydrogen-bond donors (Lipinski definition) is 0. The molecule has 0 unspecified atom stereocenters. The molecule has 0 radical (unpaired) electrons. The molecular formula is C52H42BN3O. The molecule has 57 heavy (non-hydrogen) atoms. The molecule has 0 fully saturated rings. The van der Waals surface area contributed by atoms with Crippen molar-refractivity contribution in [1.29, 1.82) is 0 Å². The summed E-state index contributed by atoms with van der Waals surface area (Å²) in [6, 6.07) is 54.1. The van der Waals surface area contributed by atoms with Gasteiger partial charge in [-0.25, -0.2) is 0 Å². The molecule has 4 nitrogen and oxygen atoms in total. The van der Waals surface area contributed by atoms with E-state index in [0.29, 0.717) is 0 Å². The van der Waals surface area contributed by atoms with Gasteiger partial charge in [-0.05, 0) is 93.6 Å². The lowest BCUT2D eigenvalue weighted by atomic mass is 9.47. The van der Waals surface area contributed by atoms with Crippen LogP contribution >= 0.6 is 0 Å². The molecule has 0 amide bonds. The van der Waals surface area contributed by atoms with E-state index in [0.717, 1.165) is 33.7 Å². The topological polar surface area (TPSA) is 26.2 Å². The van der Waals surface area contributed by atoms with Gasteiger partial charge in [0.05, 0.1) is 16.7 Å². The number of hydrogen-bond acceptors (Lipinski definition) is 2. The van der Waals surface area contributed by atoms with Crippen LogP contribution in [0.1, 0.15) is 52.7 Å². The zero-order valence-electron chi connectivity index (χ0n) is 33.2. The minimum Gasteiger partial charge on any atom is -0.466 e. The van der Waals surface area contributed by atoms with Crippen LogP contribution in [0.15, 0.2) is 150 Å². The highest BCUT2D eigenvalue weighted by molar-refractivity contribution is 6.89. The van der Waals surface area contributed by atoms with Crippen molar-refractivity contribution in [3.63, 3.8) is 0 Å². The van der Waals surface area contributed by atoms with Gasteiger partial charge in [-0.3, -0.25) is 0 Å². The van der Waals surface area contributed by atoms with E-state index in [1.165, 1.54) is 77.0 Å². The highest BCUT2D eigenvalue weighted by atomic mass is 16.3. The number of nitrogens with zero attached hydrogens (tertiary/aromatic N) is 3. The van der Waals surface area contributed by atoms with Crippen molar-refractivity contribution in [3.05, 3.63) is 157 Å². The maximum Gasteiger partial charge on any atom is 0.375 e. The van der Waals surface area contributed by atoms with E-state index in [1.54, 1.807) is 0 Å². The summed E-state index contributed by atoms with van der Waals surface area (Å²) in [5.74, 6) is 0. The fourth-order valence-corrected chi connectivity index (χ4v) is 10.1. The molecule has 0 saturated heterocycles. The Balaban J connectivity index is 1.32. The summed E-state index contributed by atoms with van der Waals surface area (Å²) in [7, 11) is 0. The van der Waals surface area contributed by atoms with Crippen molar-refractivity contribution in [2.45, 2.75) is 52.4 Å². The third-order valence-electron chi connectivity index (χ3n) is 12.8. The van der Waals surface area contributed by atoms with E-state index in [4.69, 9.17) is 4.42 Å². The summed E-state index contributed by atoms with van der Waals surface area (Å²) in [4.78, 5) is 2.51. The van der Waals surface area contributed by atoms with E-state index in [9.17, 15) is 0 Å². The zero-order chi connectivity index (χ0) is 38.5. The molecule has 2 aliphatic heterocycles. The van der Waals surface area contributed by atoms with Gasteiger partial charge in [-0.1, -0.05) is 126 Å². The molecule has 10 aromatic rings. The van der Waals surface area contributed by atoms with Crippen molar-refractivity contribution in [2.75, 3.05) is 4.90 Å². The maximum atomic E-state index is 7.19. The van der Waals surface area contributed by atoms with Crippen molar-refractivity contribution in [3.8, 4) is 16.8 Å². The largest absolute Gasteiger partial charge is 0.466 e. The van der Waals surface area contributed by atoms with Gasteiger partial charge >= 0.3 is 6.85 Å². The molecule has 2 aliphatic rings. The van der Waals surface area contributed by atoms with Crippen LogP contribution in [0.5, 0.6) is 0 Å². The fraction of sp³-hybridized carbons (Fsp3) is 0.154. The van der Waals surface area contributed by atoms with E-state index >= 15 is 0 Å². The van der Waals surface area contributed by atoms with E-state index in [1.807, 2.05) is 0 Å². The summed E-state index contributed by atoms with van der Waals surface area (Å²) in [5.41, 5.74) is 17.8. The van der Waals surface area contributed by atoms with Crippen LogP contribution in [0, 0.1) is 0 Å². The van der Waals surface area contributed by atoms with E-state index < -0.39 is 0 Å². The lowest BCUT2D eigenvalue weighted by molar-refractivity contribution is 0.590. The summed E-state index contributed by atoms with van der Waals surface area (Å²) in [6.45, 7) is 13.7. The van der Waals surface area contributed by atoms with Crippen LogP contribution in [0.2, 0.25) is 0 Å². The highest BCUT2D eigenvalue weighted by Gasteiger charge is 2.47. The molecule has 12 rings (SSSR count). The maximum absolute atomic E-state index is 7.19. The predicted octanol–water partition coefficient (Wildman–Crippen LogP) is 12.7. The average molecular weight is 736 g/mol. The first-order chi connectivity index (χ1) is 27.6. The second-order valence-electron chi connectivity index (χ2n) is 18.2. The van der Waals surface area contributed by atoms with Gasteiger partial charge in [0.15, 0.2) is 0 Å². The Morgan fingerprint density at radius 1 is 0.509 bits per heavy atom. The molecule has 0 aliphatic carbocycles. The Bertz CT molecular complexity index is 3310. The molecule has 0 atom stereocenters. The van der Waals surface area contributed by atoms with Crippen LogP contribution < -0.4 is 16.0 Å². The smallest absolute Gasteiger partial charge is 0.375 e. The molecular weight excluding hydrogens is 693 g/mol. The lowest BCUT2D eigenvalue weighted by Gasteiger charge is -2.39. The molecule has 0 bridgehead atoms. The Labute approximate surface area is 332 Å². The summed E-state index contributed by atoms with van der Waals surface area (Å²) in [5, 5.41) is 6.18. The Morgan fingerprint density at radius 3 is 1.84 bits per heavy atom. The minimum atomic E-state index is -0.182. The Morgan fingerprint density at radius 2 is 1.12 bits per heavy atom. The first-order valence-corrected chi connectivity index (χ1v) is 20.2. The van der Waals surface area contributed by atoms with Gasteiger partial charge in [0.2, 0.25) is 0 Å². The number of benzene rings is 7. The van der Waals surface area contributed by atoms with Gasteiger partial charge in [0.25, 0.3) is 0 Å². The molecule has 3 aromatic heterocycles. The third-order valence-corrected chi connectivity index (χ3v) is 12.8. The van der Waals surface area contributed by atoms with E-state index in [-0.39, 0.29) is 17.7 Å². The van der Waals surface area contributed by atoms with E-state index in [2.05, 4.69) is 201 Å². The monoisotopic (exact) mass is 735 g/mol. The molecule has 0 spiro atoms. The summed E-state index contributed by atoms with van der Waals surface area (Å²) < 4.78 is 12.3. The number of para-hydroxylation sites is 4. The summed E-state index contributed by atoms with van der Waals surface area (Å²) >= 11 is 0. The van der Waals surface area contributed by atoms with Crippen LogP contribution in [0.25, 0.3) is 71.4 Å². The molecule has 274 valence electrons. The predicted molar refractivity (Wildman–Crippen MR) is 241 cm³/mol. The van der Waals surface area contributed by atoms with Crippen molar-refractivity contribution in [2.24, 2.45) is 0 Å². The standard InChI is InChI=1S/C52H42BN3O/c1-51(2,3)31-24-26-34(27-25-31)55-43-29-32(52(4,5)6)28-40-45-47-38(35-18-10-13-21-41(35)54(47)33-16-8-7-9-17-33)30-39-36-19-11-14-22-42(36)56(48(39)45)53(46(40)43)50-49(55)37-20-12-15-23-44(37)57-50/h7-30H,1-6H3. The third kappa shape index (κ3) is 4.35.